The average Bonchev–Trinajstić information content (AvgIpc) is 2.63. The molecule has 0 aromatic heterocycles. The summed E-state index contributed by atoms with van der Waals surface area (Å²) in [4.78, 5) is 12.2. The molecule has 0 atom stereocenters. The molecule has 0 spiro atoms. The molecular weight excluding hydrogens is 222 g/mol. The maximum atomic E-state index is 12.2. The van der Waals surface area contributed by atoms with E-state index in [1.807, 2.05) is 36.4 Å². The fraction of sp³-hybridized carbons (Fsp3) is 0.188. The van der Waals surface area contributed by atoms with Gasteiger partial charge >= 0.3 is 0 Å². The molecule has 1 aliphatic rings. The van der Waals surface area contributed by atoms with Crippen LogP contribution in [0, 0.1) is 0 Å². The van der Waals surface area contributed by atoms with Crippen molar-refractivity contribution in [3.63, 3.8) is 0 Å². The van der Waals surface area contributed by atoms with E-state index in [2.05, 4.69) is 27.2 Å². The van der Waals surface area contributed by atoms with Crippen LogP contribution >= 0.6 is 0 Å². The highest BCUT2D eigenvalue weighted by molar-refractivity contribution is 6.21. The number of rotatable bonds is 1. The minimum absolute atomic E-state index is 0.147. The number of benzene rings is 2. The number of fused-ring (bicyclic) bond motifs is 3. The smallest absolute Gasteiger partial charge is 0.194 e. The monoisotopic (exact) mass is 238 g/mol. The molecule has 0 fully saturated rings. The zero-order chi connectivity index (χ0) is 12.9. The lowest BCUT2D eigenvalue weighted by Crippen LogP contribution is -2.34. The molecule has 2 heteroatoms. The van der Waals surface area contributed by atoms with E-state index in [9.17, 15) is 4.79 Å². The van der Waals surface area contributed by atoms with Crippen LogP contribution in [-0.4, -0.2) is 26.9 Å². The molecule has 2 aromatic carbocycles. The van der Waals surface area contributed by atoms with Gasteiger partial charge in [0.1, 0.15) is 5.69 Å². The summed E-state index contributed by atoms with van der Waals surface area (Å²) >= 11 is 0. The topological polar surface area (TPSA) is 17.1 Å². The molecule has 0 N–H and O–H groups in total. The van der Waals surface area contributed by atoms with Crippen LogP contribution in [0.25, 0.3) is 11.1 Å². The summed E-state index contributed by atoms with van der Waals surface area (Å²) in [6.45, 7) is 0. The van der Waals surface area contributed by atoms with Crippen LogP contribution in [0.1, 0.15) is 15.9 Å². The van der Waals surface area contributed by atoms with Crippen LogP contribution in [-0.2, 0) is 0 Å². The van der Waals surface area contributed by atoms with Gasteiger partial charge < -0.3 is 0 Å². The Balaban J connectivity index is 2.26. The minimum atomic E-state index is 0.147. The maximum absolute atomic E-state index is 12.2. The number of hydrogen-bond donors (Lipinski definition) is 0. The van der Waals surface area contributed by atoms with Crippen molar-refractivity contribution in [3.8, 4) is 11.1 Å². The highest BCUT2D eigenvalue weighted by Crippen LogP contribution is 2.38. The van der Waals surface area contributed by atoms with Crippen LogP contribution in [0.5, 0.6) is 0 Å². The van der Waals surface area contributed by atoms with Crippen molar-refractivity contribution in [1.82, 2.24) is 4.48 Å². The fourth-order valence-electron chi connectivity index (χ4n) is 2.43. The number of carbonyl (C=O) groups is 1. The van der Waals surface area contributed by atoms with Gasteiger partial charge in [-0.05, 0) is 23.3 Å². The third-order valence-corrected chi connectivity index (χ3v) is 3.48. The van der Waals surface area contributed by atoms with Crippen molar-refractivity contribution < 1.29 is 4.79 Å². The molecule has 0 bridgehead atoms. The van der Waals surface area contributed by atoms with Crippen molar-refractivity contribution in [2.75, 3.05) is 21.1 Å². The molecule has 3 rings (SSSR count). The van der Waals surface area contributed by atoms with Crippen LogP contribution < -0.4 is 4.48 Å². The third-order valence-electron chi connectivity index (χ3n) is 3.48. The van der Waals surface area contributed by atoms with Gasteiger partial charge in [0.05, 0.1) is 21.1 Å². The SMILES string of the molecule is C[N+](C)(C)c1ccc2c(c1)-c1ccccc1C2=O. The van der Waals surface area contributed by atoms with E-state index in [1.54, 1.807) is 0 Å². The molecule has 90 valence electrons. The molecule has 2 aromatic rings. The Morgan fingerprint density at radius 3 is 2.06 bits per heavy atom. The summed E-state index contributed by atoms with van der Waals surface area (Å²) in [5.74, 6) is 0.147. The lowest BCUT2D eigenvalue weighted by atomic mass is 10.0. The van der Waals surface area contributed by atoms with Crippen LogP contribution in [0.4, 0.5) is 5.69 Å². The second-order valence-electron chi connectivity index (χ2n) is 5.62. The molecule has 0 unspecified atom stereocenters. The van der Waals surface area contributed by atoms with E-state index in [0.717, 1.165) is 26.7 Å². The Labute approximate surface area is 107 Å². The molecule has 0 saturated heterocycles. The first-order valence-electron chi connectivity index (χ1n) is 6.08. The first kappa shape index (κ1) is 11.2. The van der Waals surface area contributed by atoms with Gasteiger partial charge in [0.15, 0.2) is 5.78 Å². The quantitative estimate of drug-likeness (QED) is 0.595. The number of quaternary nitrogens is 1. The standard InChI is InChI=1S/C16H16NO/c1-17(2,3)11-8-9-14-15(10-11)12-6-4-5-7-13(12)16(14)18/h4-10H,1-3H3/q+1. The molecule has 18 heavy (non-hydrogen) atoms. The molecule has 0 aliphatic heterocycles. The number of nitrogens with zero attached hydrogens (tertiary/aromatic N) is 1. The van der Waals surface area contributed by atoms with Gasteiger partial charge in [0.2, 0.25) is 0 Å². The Bertz CT molecular complexity index is 650. The van der Waals surface area contributed by atoms with Crippen LogP contribution in [0.15, 0.2) is 42.5 Å². The molecule has 0 saturated carbocycles. The lowest BCUT2D eigenvalue weighted by molar-refractivity contribution is 0.104. The molecule has 1 aliphatic carbocycles. The van der Waals surface area contributed by atoms with E-state index in [1.165, 1.54) is 5.69 Å². The summed E-state index contributed by atoms with van der Waals surface area (Å²) in [6.07, 6.45) is 0. The van der Waals surface area contributed by atoms with E-state index in [4.69, 9.17) is 0 Å². The van der Waals surface area contributed by atoms with E-state index >= 15 is 0 Å². The zero-order valence-electron chi connectivity index (χ0n) is 10.9. The fourth-order valence-corrected chi connectivity index (χ4v) is 2.43. The summed E-state index contributed by atoms with van der Waals surface area (Å²) in [7, 11) is 6.39. The third kappa shape index (κ3) is 1.50. The van der Waals surface area contributed by atoms with Gasteiger partial charge in [-0.25, -0.2) is 0 Å². The first-order valence-corrected chi connectivity index (χ1v) is 6.08. The van der Waals surface area contributed by atoms with Crippen molar-refractivity contribution in [2.45, 2.75) is 0 Å². The Hall–Kier alpha value is -1.93. The molecule has 0 amide bonds. The molecular formula is C16H16NO+. The van der Waals surface area contributed by atoms with Crippen LogP contribution in [0.3, 0.4) is 0 Å². The zero-order valence-corrected chi connectivity index (χ0v) is 10.9. The van der Waals surface area contributed by atoms with Gasteiger partial charge in [-0.1, -0.05) is 24.3 Å². The number of hydrogen-bond acceptors (Lipinski definition) is 1. The van der Waals surface area contributed by atoms with E-state index in [-0.39, 0.29) is 5.78 Å². The van der Waals surface area contributed by atoms with E-state index < -0.39 is 0 Å². The van der Waals surface area contributed by atoms with Crippen molar-refractivity contribution in [3.05, 3.63) is 53.6 Å². The van der Waals surface area contributed by atoms with Crippen LogP contribution in [0.2, 0.25) is 0 Å². The maximum Gasteiger partial charge on any atom is 0.194 e. The minimum Gasteiger partial charge on any atom is -0.298 e. The highest BCUT2D eigenvalue weighted by Gasteiger charge is 2.28. The summed E-state index contributed by atoms with van der Waals surface area (Å²) in [5, 5.41) is 0. The normalized spacial score (nSPS) is 13.4. The van der Waals surface area contributed by atoms with Gasteiger partial charge in [-0.2, -0.15) is 0 Å². The Kier molecular flexibility index (Phi) is 2.19. The largest absolute Gasteiger partial charge is 0.298 e. The average molecular weight is 238 g/mol. The van der Waals surface area contributed by atoms with Crippen molar-refractivity contribution in [2.24, 2.45) is 0 Å². The first-order chi connectivity index (χ1) is 8.48. The molecule has 0 heterocycles. The van der Waals surface area contributed by atoms with Gasteiger partial charge in [0, 0.05) is 17.2 Å². The van der Waals surface area contributed by atoms with Crippen molar-refractivity contribution >= 4 is 11.5 Å². The van der Waals surface area contributed by atoms with E-state index in [0.29, 0.717) is 0 Å². The predicted octanol–water partition coefficient (Wildman–Crippen LogP) is 3.09. The summed E-state index contributed by atoms with van der Waals surface area (Å²) in [5.41, 5.74) is 4.99. The Morgan fingerprint density at radius 2 is 1.39 bits per heavy atom. The second-order valence-corrected chi connectivity index (χ2v) is 5.62. The number of carbonyl (C=O) groups excluding carboxylic acids is 1. The number of ketones is 1. The van der Waals surface area contributed by atoms with Crippen molar-refractivity contribution in [1.29, 1.82) is 0 Å². The molecule has 2 nitrogen and oxygen atoms in total. The lowest BCUT2D eigenvalue weighted by Gasteiger charge is -2.23. The Morgan fingerprint density at radius 1 is 0.778 bits per heavy atom. The predicted molar refractivity (Wildman–Crippen MR) is 74.9 cm³/mol. The summed E-state index contributed by atoms with van der Waals surface area (Å²) < 4.78 is 0.754. The van der Waals surface area contributed by atoms with Gasteiger partial charge in [-0.15, -0.1) is 0 Å². The molecule has 0 radical (unpaired) electrons. The van der Waals surface area contributed by atoms with Gasteiger partial charge in [-0.3, -0.25) is 9.28 Å². The van der Waals surface area contributed by atoms with Gasteiger partial charge in [0.25, 0.3) is 0 Å². The summed E-state index contributed by atoms with van der Waals surface area (Å²) in [6, 6.07) is 14.0. The highest BCUT2D eigenvalue weighted by atomic mass is 16.1. The second kappa shape index (κ2) is 3.53.